The Labute approximate surface area is 214 Å². The van der Waals surface area contributed by atoms with E-state index in [2.05, 4.69) is 52.3 Å². The number of fused-ring (bicyclic) bond motifs is 6. The van der Waals surface area contributed by atoms with Crippen LogP contribution in [0.2, 0.25) is 0 Å². The number of piperazine rings is 1. The van der Waals surface area contributed by atoms with Crippen molar-refractivity contribution >= 4 is 16.5 Å². The second-order valence-corrected chi connectivity index (χ2v) is 11.9. The van der Waals surface area contributed by atoms with Crippen molar-refractivity contribution in [3.05, 3.63) is 53.6 Å². The molecule has 5 heteroatoms. The maximum Gasteiger partial charge on any atom is 0.197 e. The smallest absolute Gasteiger partial charge is 0.197 e. The largest absolute Gasteiger partial charge is 0.494 e. The Bertz CT molecular complexity index is 1220. The Kier molecular flexibility index (Phi) is 5.65. The van der Waals surface area contributed by atoms with Gasteiger partial charge < -0.3 is 15.1 Å². The second kappa shape index (κ2) is 9.02. The number of rotatable bonds is 5. The molecular weight excluding hydrogens is 446 g/mol. The van der Waals surface area contributed by atoms with Crippen LogP contribution in [0.3, 0.4) is 0 Å². The molecule has 1 aliphatic heterocycles. The SMILES string of the molecule is Oc1c2c(c(O)n1CC1CCCCC1CN1CCN(c3cccc4ccccc34)CC1)C1CCC2C1. The molecule has 2 heterocycles. The number of hydrogen-bond donors (Lipinski definition) is 2. The normalized spacial score (nSPS) is 28.2. The molecule has 0 spiro atoms. The van der Waals surface area contributed by atoms with Gasteiger partial charge in [-0.3, -0.25) is 9.47 Å². The van der Waals surface area contributed by atoms with E-state index in [1.807, 2.05) is 4.57 Å². The fourth-order valence-corrected chi connectivity index (χ4v) is 8.10. The molecule has 0 amide bonds. The molecule has 2 aromatic carbocycles. The minimum absolute atomic E-state index is 0.378. The summed E-state index contributed by atoms with van der Waals surface area (Å²) in [5.41, 5.74) is 3.53. The monoisotopic (exact) mass is 485 g/mol. The molecule has 7 rings (SSSR count). The number of nitrogens with zero attached hydrogens (tertiary/aromatic N) is 3. The minimum Gasteiger partial charge on any atom is -0.494 e. The van der Waals surface area contributed by atoms with Crippen LogP contribution in [0.5, 0.6) is 11.8 Å². The molecule has 2 bridgehead atoms. The van der Waals surface area contributed by atoms with Gasteiger partial charge in [-0.05, 0) is 67.2 Å². The molecular formula is C31H39N3O2. The number of aromatic hydroxyl groups is 2. The second-order valence-electron chi connectivity index (χ2n) is 11.9. The lowest BCUT2D eigenvalue weighted by molar-refractivity contribution is 0.130. The summed E-state index contributed by atoms with van der Waals surface area (Å²) in [5, 5.41) is 24.9. The van der Waals surface area contributed by atoms with E-state index in [0.717, 1.165) is 56.8 Å². The van der Waals surface area contributed by atoms with Gasteiger partial charge in [0.05, 0.1) is 0 Å². The highest BCUT2D eigenvalue weighted by molar-refractivity contribution is 5.94. The van der Waals surface area contributed by atoms with Gasteiger partial charge in [0.2, 0.25) is 0 Å². The lowest BCUT2D eigenvalue weighted by Crippen LogP contribution is -2.49. The molecule has 5 nitrogen and oxygen atoms in total. The van der Waals surface area contributed by atoms with Crippen molar-refractivity contribution in [2.24, 2.45) is 11.8 Å². The van der Waals surface area contributed by atoms with E-state index in [9.17, 15) is 10.2 Å². The van der Waals surface area contributed by atoms with Crippen molar-refractivity contribution in [1.82, 2.24) is 9.47 Å². The molecule has 3 aromatic rings. The average molecular weight is 486 g/mol. The van der Waals surface area contributed by atoms with Crippen LogP contribution in [0.4, 0.5) is 5.69 Å². The van der Waals surface area contributed by atoms with E-state index in [1.54, 1.807) is 0 Å². The summed E-state index contributed by atoms with van der Waals surface area (Å²) < 4.78 is 1.89. The van der Waals surface area contributed by atoms with Crippen LogP contribution in [0, 0.1) is 11.8 Å². The number of aromatic nitrogens is 1. The Morgan fingerprint density at radius 2 is 1.33 bits per heavy atom. The van der Waals surface area contributed by atoms with Gasteiger partial charge >= 0.3 is 0 Å². The van der Waals surface area contributed by atoms with Gasteiger partial charge in [0, 0.05) is 61.5 Å². The Morgan fingerprint density at radius 1 is 0.694 bits per heavy atom. The van der Waals surface area contributed by atoms with Crippen molar-refractivity contribution in [1.29, 1.82) is 0 Å². The number of anilines is 1. The van der Waals surface area contributed by atoms with E-state index < -0.39 is 0 Å². The first-order chi connectivity index (χ1) is 17.7. The molecule has 0 radical (unpaired) electrons. The zero-order chi connectivity index (χ0) is 24.2. The van der Waals surface area contributed by atoms with Crippen molar-refractivity contribution in [3.8, 4) is 11.8 Å². The molecule has 2 saturated carbocycles. The molecule has 4 atom stereocenters. The highest BCUT2D eigenvalue weighted by atomic mass is 16.3. The lowest BCUT2D eigenvalue weighted by Gasteiger charge is -2.41. The lowest BCUT2D eigenvalue weighted by atomic mass is 9.78. The fraction of sp³-hybridized carbons (Fsp3) is 0.548. The van der Waals surface area contributed by atoms with E-state index in [4.69, 9.17) is 0 Å². The molecule has 36 heavy (non-hydrogen) atoms. The number of hydrogen-bond acceptors (Lipinski definition) is 4. The molecule has 1 aromatic heterocycles. The predicted molar refractivity (Wildman–Crippen MR) is 145 cm³/mol. The summed E-state index contributed by atoms with van der Waals surface area (Å²) in [5.74, 6) is 2.85. The summed E-state index contributed by atoms with van der Waals surface area (Å²) >= 11 is 0. The zero-order valence-corrected chi connectivity index (χ0v) is 21.3. The van der Waals surface area contributed by atoms with E-state index >= 15 is 0 Å². The van der Waals surface area contributed by atoms with E-state index in [1.165, 1.54) is 55.0 Å². The van der Waals surface area contributed by atoms with Crippen LogP contribution in [0.25, 0.3) is 10.8 Å². The van der Waals surface area contributed by atoms with Crippen molar-refractivity contribution in [2.75, 3.05) is 37.6 Å². The van der Waals surface area contributed by atoms with Crippen molar-refractivity contribution < 1.29 is 10.2 Å². The Morgan fingerprint density at radius 3 is 2.06 bits per heavy atom. The third-order valence-corrected chi connectivity index (χ3v) is 9.99. The van der Waals surface area contributed by atoms with Gasteiger partial charge in [-0.15, -0.1) is 0 Å². The number of benzene rings is 2. The summed E-state index contributed by atoms with van der Waals surface area (Å²) in [6, 6.07) is 15.4. The summed E-state index contributed by atoms with van der Waals surface area (Å²) in [4.78, 5) is 5.23. The first-order valence-corrected chi connectivity index (χ1v) is 14.3. The molecule has 3 aliphatic carbocycles. The van der Waals surface area contributed by atoms with Gasteiger partial charge in [0.25, 0.3) is 0 Å². The minimum atomic E-state index is 0.378. The van der Waals surface area contributed by atoms with Gasteiger partial charge in [-0.25, -0.2) is 0 Å². The standard InChI is InChI=1S/C31H39N3O2/c35-30-28-22-12-13-23(18-22)29(28)31(36)34(30)20-25-8-2-1-7-24(25)19-32-14-16-33(17-15-32)27-11-5-9-21-6-3-4-10-26(21)27/h3-6,9-11,22-25,35-36H,1-2,7-8,12-20H2. The molecule has 4 unspecified atom stereocenters. The third kappa shape index (κ3) is 3.70. The first-order valence-electron chi connectivity index (χ1n) is 14.3. The van der Waals surface area contributed by atoms with E-state index in [-0.39, 0.29) is 0 Å². The average Bonchev–Trinajstić information content (AvgIpc) is 3.60. The van der Waals surface area contributed by atoms with Crippen LogP contribution in [-0.2, 0) is 6.54 Å². The molecule has 1 saturated heterocycles. The van der Waals surface area contributed by atoms with Crippen LogP contribution >= 0.6 is 0 Å². The van der Waals surface area contributed by atoms with Crippen LogP contribution < -0.4 is 4.90 Å². The van der Waals surface area contributed by atoms with Crippen LogP contribution in [0.1, 0.15) is 67.9 Å². The summed E-state index contributed by atoms with van der Waals surface area (Å²) in [7, 11) is 0. The van der Waals surface area contributed by atoms with E-state index in [0.29, 0.717) is 35.4 Å². The summed E-state index contributed by atoms with van der Waals surface area (Å²) in [6.07, 6.45) is 8.52. The van der Waals surface area contributed by atoms with Gasteiger partial charge in [0.15, 0.2) is 11.8 Å². The topological polar surface area (TPSA) is 51.9 Å². The fourth-order valence-electron chi connectivity index (χ4n) is 8.10. The maximum absolute atomic E-state index is 11.1. The third-order valence-electron chi connectivity index (χ3n) is 9.99. The van der Waals surface area contributed by atoms with Crippen molar-refractivity contribution in [2.45, 2.75) is 63.3 Å². The first kappa shape index (κ1) is 22.5. The van der Waals surface area contributed by atoms with Crippen LogP contribution in [-0.4, -0.2) is 52.4 Å². The molecule has 3 fully saturated rings. The van der Waals surface area contributed by atoms with Gasteiger partial charge in [0.1, 0.15) is 0 Å². The van der Waals surface area contributed by atoms with Crippen molar-refractivity contribution in [3.63, 3.8) is 0 Å². The Hall–Kier alpha value is -2.66. The van der Waals surface area contributed by atoms with Crippen LogP contribution in [0.15, 0.2) is 42.5 Å². The quantitative estimate of drug-likeness (QED) is 0.462. The highest BCUT2D eigenvalue weighted by Gasteiger charge is 2.44. The maximum atomic E-state index is 11.1. The summed E-state index contributed by atoms with van der Waals surface area (Å²) in [6.45, 7) is 6.25. The highest BCUT2D eigenvalue weighted by Crippen LogP contribution is 2.60. The zero-order valence-electron chi connectivity index (χ0n) is 21.3. The van der Waals surface area contributed by atoms with Gasteiger partial charge in [-0.1, -0.05) is 49.2 Å². The Balaban J connectivity index is 1.03. The predicted octanol–water partition coefficient (Wildman–Crippen LogP) is 6.05. The molecule has 2 N–H and O–H groups in total. The molecule has 4 aliphatic rings. The van der Waals surface area contributed by atoms with Gasteiger partial charge in [-0.2, -0.15) is 0 Å². The molecule has 190 valence electrons.